The Balaban J connectivity index is 2.85. The van der Waals surface area contributed by atoms with Gasteiger partial charge in [-0.15, -0.1) is 11.6 Å². The van der Waals surface area contributed by atoms with Crippen LogP contribution in [0.5, 0.6) is 0 Å². The Morgan fingerprint density at radius 1 is 1.38 bits per heavy atom. The van der Waals surface area contributed by atoms with Gasteiger partial charge < -0.3 is 4.90 Å². The number of benzene rings is 1. The average molecular weight is 281 g/mol. The van der Waals surface area contributed by atoms with Crippen LogP contribution in [-0.4, -0.2) is 23.2 Å². The second kappa shape index (κ2) is 6.33. The minimum atomic E-state index is -0.111. The molecule has 1 rings (SSSR count). The third kappa shape index (κ3) is 3.55. The van der Waals surface area contributed by atoms with Gasteiger partial charge in [-0.05, 0) is 30.7 Å². The molecule has 1 aromatic carbocycles. The average Bonchev–Trinajstić information content (AvgIpc) is 2.29. The summed E-state index contributed by atoms with van der Waals surface area (Å²) < 4.78 is 0. The summed E-state index contributed by atoms with van der Waals surface area (Å²) >= 11 is 17.4. The number of nitrogens with zero attached hydrogens (tertiary/aromatic N) is 1. The van der Waals surface area contributed by atoms with Gasteiger partial charge in [0.15, 0.2) is 0 Å². The molecule has 0 heterocycles. The monoisotopic (exact) mass is 279 g/mol. The highest BCUT2D eigenvalue weighted by Gasteiger charge is 2.12. The standard InChI is InChI=1S/C11H12Cl3NO/c1-2-15(11(16)6-12)7-8-5-9(13)3-4-10(8)14/h3-5H,2,6-7H2,1H3. The zero-order valence-electron chi connectivity index (χ0n) is 8.84. The molecule has 0 saturated carbocycles. The number of rotatable bonds is 4. The molecule has 5 heteroatoms. The Labute approximate surface area is 110 Å². The Kier molecular flexibility index (Phi) is 5.39. The maximum Gasteiger partial charge on any atom is 0.237 e. The fourth-order valence-corrected chi connectivity index (χ4v) is 1.87. The molecule has 0 bridgehead atoms. The van der Waals surface area contributed by atoms with Gasteiger partial charge in [0.25, 0.3) is 0 Å². The fourth-order valence-electron chi connectivity index (χ4n) is 1.33. The number of halogens is 3. The highest BCUT2D eigenvalue weighted by Crippen LogP contribution is 2.22. The number of hydrogen-bond donors (Lipinski definition) is 0. The number of amides is 1. The van der Waals surface area contributed by atoms with Crippen molar-refractivity contribution in [3.05, 3.63) is 33.8 Å². The zero-order chi connectivity index (χ0) is 12.1. The molecule has 0 fully saturated rings. The van der Waals surface area contributed by atoms with Crippen LogP contribution >= 0.6 is 34.8 Å². The maximum atomic E-state index is 11.5. The third-order valence-corrected chi connectivity index (χ3v) is 3.05. The molecule has 0 N–H and O–H groups in total. The molecule has 0 unspecified atom stereocenters. The van der Waals surface area contributed by atoms with Gasteiger partial charge in [0.1, 0.15) is 5.88 Å². The van der Waals surface area contributed by atoms with E-state index in [2.05, 4.69) is 0 Å². The molecule has 0 radical (unpaired) electrons. The Bertz CT molecular complexity index is 381. The number of carbonyl (C=O) groups excluding carboxylic acids is 1. The summed E-state index contributed by atoms with van der Waals surface area (Å²) in [5.41, 5.74) is 0.828. The van der Waals surface area contributed by atoms with Crippen LogP contribution in [0.15, 0.2) is 18.2 Å². The topological polar surface area (TPSA) is 20.3 Å². The first-order valence-electron chi connectivity index (χ1n) is 4.86. The van der Waals surface area contributed by atoms with Crippen molar-refractivity contribution < 1.29 is 4.79 Å². The Morgan fingerprint density at radius 2 is 2.06 bits per heavy atom. The minimum Gasteiger partial charge on any atom is -0.338 e. The maximum absolute atomic E-state index is 11.5. The van der Waals surface area contributed by atoms with Gasteiger partial charge in [-0.3, -0.25) is 4.79 Å². The molecular weight excluding hydrogens is 268 g/mol. The van der Waals surface area contributed by atoms with E-state index >= 15 is 0 Å². The normalized spacial score (nSPS) is 10.2. The molecule has 1 amide bonds. The third-order valence-electron chi connectivity index (χ3n) is 2.22. The van der Waals surface area contributed by atoms with Gasteiger partial charge in [0.05, 0.1) is 0 Å². The van der Waals surface area contributed by atoms with Crippen molar-refractivity contribution in [1.29, 1.82) is 0 Å². The van der Waals surface area contributed by atoms with Crippen molar-refractivity contribution in [2.45, 2.75) is 13.5 Å². The van der Waals surface area contributed by atoms with Crippen LogP contribution in [0.4, 0.5) is 0 Å². The van der Waals surface area contributed by atoms with Crippen LogP contribution in [-0.2, 0) is 11.3 Å². The molecule has 0 aliphatic rings. The molecule has 0 aliphatic heterocycles. The Morgan fingerprint density at radius 3 is 2.62 bits per heavy atom. The van der Waals surface area contributed by atoms with Crippen molar-refractivity contribution in [1.82, 2.24) is 4.90 Å². The van der Waals surface area contributed by atoms with Gasteiger partial charge in [0.2, 0.25) is 5.91 Å². The number of alkyl halides is 1. The summed E-state index contributed by atoms with van der Waals surface area (Å²) in [4.78, 5) is 13.1. The second-order valence-corrected chi connectivity index (χ2v) is 4.39. The van der Waals surface area contributed by atoms with E-state index in [1.54, 1.807) is 23.1 Å². The molecule has 88 valence electrons. The summed E-state index contributed by atoms with van der Waals surface area (Å²) in [6.45, 7) is 2.92. The first-order valence-corrected chi connectivity index (χ1v) is 6.15. The van der Waals surface area contributed by atoms with E-state index in [1.807, 2.05) is 6.92 Å². The predicted octanol–water partition coefficient (Wildman–Crippen LogP) is 3.58. The van der Waals surface area contributed by atoms with Gasteiger partial charge in [0, 0.05) is 23.1 Å². The molecule has 0 saturated heterocycles. The van der Waals surface area contributed by atoms with E-state index in [0.717, 1.165) is 5.56 Å². The molecule has 2 nitrogen and oxygen atoms in total. The molecule has 16 heavy (non-hydrogen) atoms. The summed E-state index contributed by atoms with van der Waals surface area (Å²) in [5.74, 6) is -0.133. The quantitative estimate of drug-likeness (QED) is 0.772. The lowest BCUT2D eigenvalue weighted by molar-refractivity contribution is -0.128. The van der Waals surface area contributed by atoms with Crippen molar-refractivity contribution >= 4 is 40.7 Å². The van der Waals surface area contributed by atoms with Gasteiger partial charge in [-0.1, -0.05) is 23.2 Å². The van der Waals surface area contributed by atoms with E-state index in [4.69, 9.17) is 34.8 Å². The summed E-state index contributed by atoms with van der Waals surface area (Å²) in [6, 6.07) is 5.19. The van der Waals surface area contributed by atoms with Crippen LogP contribution in [0.2, 0.25) is 10.0 Å². The molecule has 0 aliphatic carbocycles. The fraction of sp³-hybridized carbons (Fsp3) is 0.364. The number of hydrogen-bond acceptors (Lipinski definition) is 1. The highest BCUT2D eigenvalue weighted by molar-refractivity contribution is 6.33. The van der Waals surface area contributed by atoms with E-state index < -0.39 is 0 Å². The minimum absolute atomic E-state index is 0.0218. The van der Waals surface area contributed by atoms with E-state index in [-0.39, 0.29) is 11.8 Å². The molecule has 1 aromatic rings. The van der Waals surface area contributed by atoms with Gasteiger partial charge in [-0.25, -0.2) is 0 Å². The van der Waals surface area contributed by atoms with Crippen LogP contribution < -0.4 is 0 Å². The first kappa shape index (κ1) is 13.6. The molecule has 0 spiro atoms. The largest absolute Gasteiger partial charge is 0.338 e. The summed E-state index contributed by atoms with van der Waals surface area (Å²) in [5, 5.41) is 1.21. The van der Waals surface area contributed by atoms with E-state index in [1.165, 1.54) is 0 Å². The van der Waals surface area contributed by atoms with Gasteiger partial charge in [-0.2, -0.15) is 0 Å². The lowest BCUT2D eigenvalue weighted by atomic mass is 10.2. The van der Waals surface area contributed by atoms with Crippen LogP contribution in [0.3, 0.4) is 0 Å². The van der Waals surface area contributed by atoms with E-state index in [0.29, 0.717) is 23.1 Å². The zero-order valence-corrected chi connectivity index (χ0v) is 11.1. The van der Waals surface area contributed by atoms with Crippen LogP contribution in [0.1, 0.15) is 12.5 Å². The molecular formula is C11H12Cl3NO. The number of carbonyl (C=O) groups is 1. The van der Waals surface area contributed by atoms with Crippen molar-refractivity contribution in [2.75, 3.05) is 12.4 Å². The van der Waals surface area contributed by atoms with Crippen LogP contribution in [0.25, 0.3) is 0 Å². The highest BCUT2D eigenvalue weighted by atomic mass is 35.5. The van der Waals surface area contributed by atoms with Gasteiger partial charge >= 0.3 is 0 Å². The second-order valence-electron chi connectivity index (χ2n) is 3.28. The predicted molar refractivity (Wildman–Crippen MR) is 68.3 cm³/mol. The Hall–Kier alpha value is -0.440. The van der Waals surface area contributed by atoms with Crippen LogP contribution in [0, 0.1) is 0 Å². The van der Waals surface area contributed by atoms with Crippen molar-refractivity contribution in [3.63, 3.8) is 0 Å². The summed E-state index contributed by atoms with van der Waals surface area (Å²) in [6.07, 6.45) is 0. The van der Waals surface area contributed by atoms with E-state index in [9.17, 15) is 4.79 Å². The molecule has 0 atom stereocenters. The SMILES string of the molecule is CCN(Cc1cc(Cl)ccc1Cl)C(=O)CCl. The van der Waals surface area contributed by atoms with Crippen molar-refractivity contribution in [2.24, 2.45) is 0 Å². The lowest BCUT2D eigenvalue weighted by Gasteiger charge is -2.20. The van der Waals surface area contributed by atoms with Crippen molar-refractivity contribution in [3.8, 4) is 0 Å². The smallest absolute Gasteiger partial charge is 0.237 e. The summed E-state index contributed by atoms with van der Waals surface area (Å²) in [7, 11) is 0. The molecule has 0 aromatic heterocycles. The lowest BCUT2D eigenvalue weighted by Crippen LogP contribution is -2.31. The first-order chi connectivity index (χ1) is 7.58.